The SMILES string of the molecule is Cc1ccccc1N(C)C(=O)NC1(C(=O)O)CCOCC1. The summed E-state index contributed by atoms with van der Waals surface area (Å²) in [5.41, 5.74) is 0.459. The van der Waals surface area contributed by atoms with Crippen molar-refractivity contribution in [2.45, 2.75) is 25.3 Å². The van der Waals surface area contributed by atoms with Gasteiger partial charge in [0.2, 0.25) is 0 Å². The van der Waals surface area contributed by atoms with Crippen molar-refractivity contribution in [1.29, 1.82) is 0 Å². The van der Waals surface area contributed by atoms with Crippen molar-refractivity contribution in [3.63, 3.8) is 0 Å². The maximum Gasteiger partial charge on any atom is 0.329 e. The van der Waals surface area contributed by atoms with Gasteiger partial charge in [-0.2, -0.15) is 0 Å². The molecule has 0 spiro atoms. The number of urea groups is 1. The Morgan fingerprint density at radius 2 is 1.90 bits per heavy atom. The van der Waals surface area contributed by atoms with E-state index in [2.05, 4.69) is 5.32 Å². The van der Waals surface area contributed by atoms with Gasteiger partial charge in [-0.05, 0) is 18.6 Å². The number of hydrogen-bond acceptors (Lipinski definition) is 3. The molecule has 0 atom stereocenters. The smallest absolute Gasteiger partial charge is 0.329 e. The van der Waals surface area contributed by atoms with Gasteiger partial charge in [0.1, 0.15) is 5.54 Å². The first-order valence-electron chi connectivity index (χ1n) is 6.89. The minimum absolute atomic E-state index is 0.273. The number of para-hydroxylation sites is 1. The number of aryl methyl sites for hydroxylation is 1. The van der Waals surface area contributed by atoms with Gasteiger partial charge in [0.05, 0.1) is 0 Å². The third kappa shape index (κ3) is 3.16. The molecular weight excluding hydrogens is 272 g/mol. The average molecular weight is 292 g/mol. The largest absolute Gasteiger partial charge is 0.480 e. The number of carboxylic acids is 1. The molecular formula is C15H20N2O4. The van der Waals surface area contributed by atoms with Gasteiger partial charge < -0.3 is 15.2 Å². The number of carbonyl (C=O) groups excluding carboxylic acids is 1. The summed E-state index contributed by atoms with van der Waals surface area (Å²) in [4.78, 5) is 25.4. The van der Waals surface area contributed by atoms with Crippen LogP contribution in [0.3, 0.4) is 0 Å². The zero-order chi connectivity index (χ0) is 15.5. The molecule has 2 rings (SSSR count). The van der Waals surface area contributed by atoms with Crippen LogP contribution < -0.4 is 10.2 Å². The van der Waals surface area contributed by atoms with Gasteiger partial charge in [-0.3, -0.25) is 4.90 Å². The van der Waals surface area contributed by atoms with E-state index < -0.39 is 17.5 Å². The number of nitrogens with one attached hydrogen (secondary N) is 1. The molecule has 1 saturated heterocycles. The summed E-state index contributed by atoms with van der Waals surface area (Å²) in [5.74, 6) is -1.02. The highest BCUT2D eigenvalue weighted by atomic mass is 16.5. The second kappa shape index (κ2) is 6.13. The van der Waals surface area contributed by atoms with E-state index in [1.54, 1.807) is 7.05 Å². The average Bonchev–Trinajstić information content (AvgIpc) is 2.47. The van der Waals surface area contributed by atoms with Crippen LogP contribution in [0.15, 0.2) is 24.3 Å². The fourth-order valence-electron chi connectivity index (χ4n) is 2.45. The molecule has 1 aliphatic heterocycles. The first-order valence-corrected chi connectivity index (χ1v) is 6.89. The number of anilines is 1. The molecule has 0 radical (unpaired) electrons. The van der Waals surface area contributed by atoms with Crippen molar-refractivity contribution in [1.82, 2.24) is 5.32 Å². The number of ether oxygens (including phenoxy) is 1. The molecule has 6 heteroatoms. The summed E-state index contributed by atoms with van der Waals surface area (Å²) in [5, 5.41) is 12.1. The third-order valence-corrected chi connectivity index (χ3v) is 3.88. The molecule has 2 N–H and O–H groups in total. The van der Waals surface area contributed by atoms with Crippen LogP contribution in [0, 0.1) is 6.92 Å². The minimum Gasteiger partial charge on any atom is -0.480 e. The molecule has 0 saturated carbocycles. The van der Waals surface area contributed by atoms with Gasteiger partial charge >= 0.3 is 12.0 Å². The van der Waals surface area contributed by atoms with Crippen molar-refractivity contribution in [2.24, 2.45) is 0 Å². The summed E-state index contributed by atoms with van der Waals surface area (Å²) in [6.45, 7) is 2.57. The van der Waals surface area contributed by atoms with Crippen molar-refractivity contribution in [2.75, 3.05) is 25.2 Å². The number of carbonyl (C=O) groups is 2. The number of nitrogens with zero attached hydrogens (tertiary/aromatic N) is 1. The molecule has 1 aliphatic rings. The molecule has 0 aromatic heterocycles. The highest BCUT2D eigenvalue weighted by Crippen LogP contribution is 2.23. The topological polar surface area (TPSA) is 78.9 Å². The van der Waals surface area contributed by atoms with Gasteiger partial charge in [0.25, 0.3) is 0 Å². The molecule has 114 valence electrons. The lowest BCUT2D eigenvalue weighted by molar-refractivity contribution is -0.148. The van der Waals surface area contributed by atoms with Crippen LogP contribution in [0.4, 0.5) is 10.5 Å². The van der Waals surface area contributed by atoms with Crippen LogP contribution in [0.25, 0.3) is 0 Å². The number of amides is 2. The van der Waals surface area contributed by atoms with E-state index in [0.717, 1.165) is 11.3 Å². The highest BCUT2D eigenvalue weighted by molar-refractivity contribution is 5.96. The van der Waals surface area contributed by atoms with Gasteiger partial charge in [0.15, 0.2) is 0 Å². The molecule has 1 heterocycles. The van der Waals surface area contributed by atoms with E-state index in [9.17, 15) is 14.7 Å². The van der Waals surface area contributed by atoms with Crippen molar-refractivity contribution in [3.05, 3.63) is 29.8 Å². The predicted octanol–water partition coefficient (Wildman–Crippen LogP) is 1.77. The highest BCUT2D eigenvalue weighted by Gasteiger charge is 2.42. The second-order valence-electron chi connectivity index (χ2n) is 5.28. The quantitative estimate of drug-likeness (QED) is 0.890. The van der Waals surface area contributed by atoms with Gasteiger partial charge in [-0.15, -0.1) is 0 Å². The van der Waals surface area contributed by atoms with Crippen molar-refractivity contribution < 1.29 is 19.4 Å². The Labute approximate surface area is 123 Å². The zero-order valence-electron chi connectivity index (χ0n) is 12.3. The van der Waals surface area contributed by atoms with Crippen LogP contribution in [-0.4, -0.2) is 42.9 Å². The number of hydrogen-bond donors (Lipinski definition) is 2. The number of aliphatic carboxylic acids is 1. The molecule has 1 aromatic carbocycles. The second-order valence-corrected chi connectivity index (χ2v) is 5.28. The summed E-state index contributed by atoms with van der Waals surface area (Å²) in [7, 11) is 1.63. The summed E-state index contributed by atoms with van der Waals surface area (Å²) < 4.78 is 5.19. The van der Waals surface area contributed by atoms with E-state index in [-0.39, 0.29) is 12.8 Å². The molecule has 21 heavy (non-hydrogen) atoms. The number of rotatable bonds is 3. The van der Waals surface area contributed by atoms with Gasteiger partial charge in [-0.1, -0.05) is 18.2 Å². The zero-order valence-corrected chi connectivity index (χ0v) is 12.3. The van der Waals surface area contributed by atoms with Crippen molar-refractivity contribution in [3.8, 4) is 0 Å². The summed E-state index contributed by atoms with van der Waals surface area (Å²) in [6.07, 6.45) is 0.547. The summed E-state index contributed by atoms with van der Waals surface area (Å²) >= 11 is 0. The van der Waals surface area contributed by atoms with E-state index >= 15 is 0 Å². The fourth-order valence-corrected chi connectivity index (χ4v) is 2.45. The number of carboxylic acid groups (broad SMARTS) is 1. The molecule has 1 fully saturated rings. The van der Waals surface area contributed by atoms with Crippen LogP contribution in [0.2, 0.25) is 0 Å². The molecule has 0 unspecified atom stereocenters. The molecule has 0 bridgehead atoms. The van der Waals surface area contributed by atoms with Crippen LogP contribution >= 0.6 is 0 Å². The molecule has 6 nitrogen and oxygen atoms in total. The van der Waals surface area contributed by atoms with Gasteiger partial charge in [0, 0.05) is 38.8 Å². The van der Waals surface area contributed by atoms with Crippen LogP contribution in [0.5, 0.6) is 0 Å². The normalized spacial score (nSPS) is 17.0. The van der Waals surface area contributed by atoms with Crippen molar-refractivity contribution >= 4 is 17.7 Å². The van der Waals surface area contributed by atoms with E-state index in [0.29, 0.717) is 13.2 Å². The molecule has 2 amide bonds. The van der Waals surface area contributed by atoms with E-state index in [4.69, 9.17) is 4.74 Å². The Kier molecular flexibility index (Phi) is 4.47. The maximum absolute atomic E-state index is 12.4. The Morgan fingerprint density at radius 1 is 1.29 bits per heavy atom. The Hall–Kier alpha value is -2.08. The fraction of sp³-hybridized carbons (Fsp3) is 0.467. The number of benzene rings is 1. The lowest BCUT2D eigenvalue weighted by Gasteiger charge is -2.35. The Balaban J connectivity index is 2.16. The minimum atomic E-state index is -1.24. The summed E-state index contributed by atoms with van der Waals surface area (Å²) in [6, 6.07) is 7.04. The lowest BCUT2D eigenvalue weighted by atomic mass is 9.90. The monoisotopic (exact) mass is 292 g/mol. The first kappa shape index (κ1) is 15.3. The van der Waals surface area contributed by atoms with Gasteiger partial charge in [-0.25, -0.2) is 9.59 Å². The lowest BCUT2D eigenvalue weighted by Crippen LogP contribution is -2.60. The molecule has 0 aliphatic carbocycles. The van der Waals surface area contributed by atoms with Crippen LogP contribution in [-0.2, 0) is 9.53 Å². The Bertz CT molecular complexity index is 538. The van der Waals surface area contributed by atoms with Crippen LogP contribution in [0.1, 0.15) is 18.4 Å². The Morgan fingerprint density at radius 3 is 2.48 bits per heavy atom. The molecule has 1 aromatic rings. The first-order chi connectivity index (χ1) is 9.96. The third-order valence-electron chi connectivity index (χ3n) is 3.88. The predicted molar refractivity (Wildman–Crippen MR) is 78.5 cm³/mol. The van der Waals surface area contributed by atoms with E-state index in [1.165, 1.54) is 4.90 Å². The van der Waals surface area contributed by atoms with E-state index in [1.807, 2.05) is 31.2 Å². The standard InChI is InChI=1S/C15H20N2O4/c1-11-5-3-4-6-12(11)17(2)14(20)16-15(13(18)19)7-9-21-10-8-15/h3-6H,7-10H2,1-2H3,(H,16,20)(H,18,19). The maximum atomic E-state index is 12.4.